The Kier molecular flexibility index (Phi) is 7.66. The molecular formula is C18H25N. The van der Waals surface area contributed by atoms with Crippen LogP contribution in [-0.2, 0) is 0 Å². The zero-order valence-corrected chi connectivity index (χ0v) is 12.2. The van der Waals surface area contributed by atoms with E-state index in [1.807, 2.05) is 6.07 Å². The summed E-state index contributed by atoms with van der Waals surface area (Å²) in [4.78, 5) is 0. The van der Waals surface area contributed by atoms with E-state index < -0.39 is 0 Å². The maximum atomic E-state index is 8.64. The number of hydrogen-bond donors (Lipinski definition) is 0. The first-order chi connectivity index (χ1) is 9.27. The van der Waals surface area contributed by atoms with Crippen molar-refractivity contribution < 1.29 is 0 Å². The standard InChI is InChI=1S/C18H25N/c1-3-9-18(12-7-8-15-19)16(2)13-14-17-10-5-4-6-11-17/h4-6,10-11,13-14,16,18H,3,7-9,12H2,1-2H3/b14-13+. The van der Waals surface area contributed by atoms with Gasteiger partial charge in [-0.25, -0.2) is 0 Å². The Labute approximate surface area is 118 Å². The molecule has 2 unspecified atom stereocenters. The lowest BCUT2D eigenvalue weighted by molar-refractivity contribution is 0.356. The molecule has 0 spiro atoms. The fourth-order valence-electron chi connectivity index (χ4n) is 2.47. The van der Waals surface area contributed by atoms with E-state index in [-0.39, 0.29) is 0 Å². The maximum Gasteiger partial charge on any atom is 0.0621 e. The highest BCUT2D eigenvalue weighted by Crippen LogP contribution is 2.25. The summed E-state index contributed by atoms with van der Waals surface area (Å²) < 4.78 is 0. The van der Waals surface area contributed by atoms with Crippen LogP contribution in [0.15, 0.2) is 36.4 Å². The van der Waals surface area contributed by atoms with E-state index in [1.165, 1.54) is 24.8 Å². The topological polar surface area (TPSA) is 23.8 Å². The summed E-state index contributed by atoms with van der Waals surface area (Å²) >= 11 is 0. The van der Waals surface area contributed by atoms with Gasteiger partial charge in [-0.05, 0) is 30.2 Å². The number of unbranched alkanes of at least 4 members (excludes halogenated alkanes) is 1. The van der Waals surface area contributed by atoms with Gasteiger partial charge in [0.2, 0.25) is 0 Å². The average Bonchev–Trinajstić information content (AvgIpc) is 2.45. The highest BCUT2D eigenvalue weighted by atomic mass is 14.2. The second kappa shape index (κ2) is 9.39. The summed E-state index contributed by atoms with van der Waals surface area (Å²) in [5.74, 6) is 1.29. The van der Waals surface area contributed by atoms with Crippen molar-refractivity contribution in [2.75, 3.05) is 0 Å². The Morgan fingerprint density at radius 2 is 1.95 bits per heavy atom. The molecule has 0 aromatic heterocycles. The number of hydrogen-bond acceptors (Lipinski definition) is 1. The first-order valence-electron chi connectivity index (χ1n) is 7.38. The summed E-state index contributed by atoms with van der Waals surface area (Å²) in [6.07, 6.45) is 9.91. The van der Waals surface area contributed by atoms with Gasteiger partial charge in [0.25, 0.3) is 0 Å². The molecule has 0 amide bonds. The lowest BCUT2D eigenvalue weighted by Gasteiger charge is -2.20. The smallest absolute Gasteiger partial charge is 0.0621 e. The Bertz CT molecular complexity index is 399. The van der Waals surface area contributed by atoms with Crippen molar-refractivity contribution in [3.63, 3.8) is 0 Å². The van der Waals surface area contributed by atoms with E-state index in [0.717, 1.165) is 6.42 Å². The molecule has 0 heterocycles. The molecule has 1 aromatic carbocycles. The zero-order valence-electron chi connectivity index (χ0n) is 12.2. The first-order valence-corrected chi connectivity index (χ1v) is 7.38. The summed E-state index contributed by atoms with van der Waals surface area (Å²) in [6, 6.07) is 12.7. The molecule has 1 heteroatoms. The Balaban J connectivity index is 2.53. The quantitative estimate of drug-likeness (QED) is 0.567. The van der Waals surface area contributed by atoms with Crippen molar-refractivity contribution in [1.29, 1.82) is 5.26 Å². The molecule has 0 aliphatic rings. The van der Waals surface area contributed by atoms with Crippen molar-refractivity contribution in [1.82, 2.24) is 0 Å². The molecule has 0 radical (unpaired) electrons. The van der Waals surface area contributed by atoms with Crippen molar-refractivity contribution >= 4 is 6.08 Å². The van der Waals surface area contributed by atoms with Gasteiger partial charge in [0.05, 0.1) is 6.07 Å². The third-order valence-corrected chi connectivity index (χ3v) is 3.66. The lowest BCUT2D eigenvalue weighted by Crippen LogP contribution is -2.09. The number of rotatable bonds is 8. The number of benzene rings is 1. The van der Waals surface area contributed by atoms with Crippen LogP contribution < -0.4 is 0 Å². The summed E-state index contributed by atoms with van der Waals surface area (Å²) in [7, 11) is 0. The lowest BCUT2D eigenvalue weighted by atomic mass is 9.85. The van der Waals surface area contributed by atoms with Gasteiger partial charge >= 0.3 is 0 Å². The van der Waals surface area contributed by atoms with Crippen molar-refractivity contribution in [2.24, 2.45) is 11.8 Å². The molecular weight excluding hydrogens is 230 g/mol. The van der Waals surface area contributed by atoms with Crippen LogP contribution in [0.25, 0.3) is 6.08 Å². The monoisotopic (exact) mass is 255 g/mol. The molecule has 0 saturated carbocycles. The van der Waals surface area contributed by atoms with Crippen LogP contribution in [0.5, 0.6) is 0 Å². The Morgan fingerprint density at radius 3 is 2.58 bits per heavy atom. The molecule has 0 saturated heterocycles. The van der Waals surface area contributed by atoms with Crippen LogP contribution in [0.3, 0.4) is 0 Å². The molecule has 1 rings (SSSR count). The molecule has 102 valence electrons. The number of allylic oxidation sites excluding steroid dienone is 1. The fraction of sp³-hybridized carbons (Fsp3) is 0.500. The molecule has 19 heavy (non-hydrogen) atoms. The second-order valence-corrected chi connectivity index (χ2v) is 5.23. The third kappa shape index (κ3) is 6.25. The van der Waals surface area contributed by atoms with E-state index in [2.05, 4.69) is 56.3 Å². The molecule has 0 fully saturated rings. The van der Waals surface area contributed by atoms with E-state index >= 15 is 0 Å². The molecule has 1 aromatic rings. The minimum absolute atomic E-state index is 0.582. The highest BCUT2D eigenvalue weighted by molar-refractivity contribution is 5.48. The first kappa shape index (κ1) is 15.5. The largest absolute Gasteiger partial charge is 0.198 e. The molecule has 0 aliphatic carbocycles. The van der Waals surface area contributed by atoms with Crippen molar-refractivity contribution in [3.05, 3.63) is 42.0 Å². The van der Waals surface area contributed by atoms with E-state index in [4.69, 9.17) is 5.26 Å². The van der Waals surface area contributed by atoms with E-state index in [0.29, 0.717) is 18.3 Å². The van der Waals surface area contributed by atoms with Crippen LogP contribution >= 0.6 is 0 Å². The van der Waals surface area contributed by atoms with Crippen LogP contribution in [0.4, 0.5) is 0 Å². The molecule has 0 aliphatic heterocycles. The van der Waals surface area contributed by atoms with E-state index in [1.54, 1.807) is 0 Å². The Morgan fingerprint density at radius 1 is 1.21 bits per heavy atom. The summed E-state index contributed by atoms with van der Waals surface area (Å²) in [5, 5.41) is 8.64. The van der Waals surface area contributed by atoms with Gasteiger partial charge in [-0.3, -0.25) is 0 Å². The third-order valence-electron chi connectivity index (χ3n) is 3.66. The van der Waals surface area contributed by atoms with E-state index in [9.17, 15) is 0 Å². The van der Waals surface area contributed by atoms with Crippen molar-refractivity contribution in [2.45, 2.75) is 46.0 Å². The maximum absolute atomic E-state index is 8.64. The second-order valence-electron chi connectivity index (χ2n) is 5.23. The predicted octanol–water partition coefficient (Wildman–Crippen LogP) is 5.45. The van der Waals surface area contributed by atoms with Gasteiger partial charge in [0.1, 0.15) is 0 Å². The highest BCUT2D eigenvalue weighted by Gasteiger charge is 2.13. The van der Waals surface area contributed by atoms with Gasteiger partial charge in [0.15, 0.2) is 0 Å². The van der Waals surface area contributed by atoms with Gasteiger partial charge in [-0.15, -0.1) is 0 Å². The SMILES string of the molecule is CCCC(CCCC#N)C(C)/C=C/c1ccccc1. The summed E-state index contributed by atoms with van der Waals surface area (Å²) in [5.41, 5.74) is 1.27. The minimum Gasteiger partial charge on any atom is -0.198 e. The zero-order chi connectivity index (χ0) is 13.9. The fourth-order valence-corrected chi connectivity index (χ4v) is 2.47. The number of nitriles is 1. The van der Waals surface area contributed by atoms with Crippen molar-refractivity contribution in [3.8, 4) is 6.07 Å². The molecule has 0 bridgehead atoms. The van der Waals surface area contributed by atoms with Crippen LogP contribution in [0.1, 0.15) is 51.5 Å². The number of nitrogens with zero attached hydrogens (tertiary/aromatic N) is 1. The Hall–Kier alpha value is -1.55. The molecule has 2 atom stereocenters. The molecule has 1 nitrogen and oxygen atoms in total. The van der Waals surface area contributed by atoms with Crippen LogP contribution in [0, 0.1) is 23.2 Å². The van der Waals surface area contributed by atoms with Gasteiger partial charge in [0, 0.05) is 6.42 Å². The van der Waals surface area contributed by atoms with Gasteiger partial charge < -0.3 is 0 Å². The molecule has 0 N–H and O–H groups in total. The summed E-state index contributed by atoms with van der Waals surface area (Å²) in [6.45, 7) is 4.54. The van der Waals surface area contributed by atoms with Crippen LogP contribution in [0.2, 0.25) is 0 Å². The minimum atomic E-state index is 0.582. The van der Waals surface area contributed by atoms with Crippen LogP contribution in [-0.4, -0.2) is 0 Å². The van der Waals surface area contributed by atoms with Gasteiger partial charge in [-0.2, -0.15) is 5.26 Å². The van der Waals surface area contributed by atoms with Gasteiger partial charge in [-0.1, -0.05) is 69.2 Å². The predicted molar refractivity (Wildman–Crippen MR) is 82.5 cm³/mol. The average molecular weight is 255 g/mol. The normalized spacial score (nSPS) is 14.2.